The average molecular weight is 316 g/mol. The first-order chi connectivity index (χ1) is 10.6. The number of aliphatic carboxylic acids is 1. The van der Waals surface area contributed by atoms with E-state index in [1.807, 2.05) is 30.3 Å². The highest BCUT2D eigenvalue weighted by Crippen LogP contribution is 2.28. The summed E-state index contributed by atoms with van der Waals surface area (Å²) in [6.07, 6.45) is 2.43. The molecule has 1 aromatic carbocycles. The lowest BCUT2D eigenvalue weighted by Gasteiger charge is -2.18. The van der Waals surface area contributed by atoms with Gasteiger partial charge in [0.25, 0.3) is 5.91 Å². The molecule has 0 unspecified atom stereocenters. The Morgan fingerprint density at radius 3 is 2.64 bits per heavy atom. The molecule has 1 amide bonds. The van der Waals surface area contributed by atoms with Crippen LogP contribution in [0.5, 0.6) is 0 Å². The predicted molar refractivity (Wildman–Crippen MR) is 83.1 cm³/mol. The molecular formula is C16H16N2O3S. The Hall–Kier alpha value is -2.21. The minimum Gasteiger partial charge on any atom is -0.480 e. The molecule has 22 heavy (non-hydrogen) atoms. The van der Waals surface area contributed by atoms with E-state index in [1.54, 1.807) is 5.38 Å². The summed E-state index contributed by atoms with van der Waals surface area (Å²) in [6, 6.07) is 9.99. The molecular weight excluding hydrogens is 300 g/mol. The fraction of sp³-hybridized carbons (Fsp3) is 0.312. The number of thiazole rings is 1. The molecule has 6 heteroatoms. The maximum absolute atomic E-state index is 12.4. The normalized spacial score (nSPS) is 13.8. The van der Waals surface area contributed by atoms with E-state index in [0.29, 0.717) is 12.1 Å². The molecule has 1 aliphatic rings. The second-order valence-electron chi connectivity index (χ2n) is 5.35. The van der Waals surface area contributed by atoms with Crippen LogP contribution in [0, 0.1) is 0 Å². The van der Waals surface area contributed by atoms with Crippen LogP contribution in [0.3, 0.4) is 0 Å². The molecule has 0 spiro atoms. The van der Waals surface area contributed by atoms with Crippen LogP contribution in [0.25, 0.3) is 0 Å². The van der Waals surface area contributed by atoms with Crippen molar-refractivity contribution in [1.82, 2.24) is 9.88 Å². The molecule has 1 heterocycles. The van der Waals surface area contributed by atoms with E-state index in [0.717, 1.165) is 23.4 Å². The number of carbonyl (C=O) groups excluding carboxylic acids is 1. The first kappa shape index (κ1) is 14.7. The van der Waals surface area contributed by atoms with E-state index in [1.165, 1.54) is 16.2 Å². The van der Waals surface area contributed by atoms with Crippen LogP contribution in [0.4, 0.5) is 0 Å². The molecule has 0 atom stereocenters. The number of carboxylic acid groups (broad SMARTS) is 1. The summed E-state index contributed by atoms with van der Waals surface area (Å²) in [5.74, 6) is -1.26. The summed E-state index contributed by atoms with van der Waals surface area (Å²) in [5.41, 5.74) is 1.49. The number of nitrogens with zero attached hydrogens (tertiary/aromatic N) is 2. The van der Waals surface area contributed by atoms with Gasteiger partial charge in [0.1, 0.15) is 12.2 Å². The molecule has 0 bridgehead atoms. The zero-order valence-electron chi connectivity index (χ0n) is 11.9. The Morgan fingerprint density at radius 2 is 2.00 bits per heavy atom. The summed E-state index contributed by atoms with van der Waals surface area (Å²) < 4.78 is 0. The van der Waals surface area contributed by atoms with E-state index in [9.17, 15) is 9.59 Å². The van der Waals surface area contributed by atoms with Gasteiger partial charge in [-0.3, -0.25) is 9.59 Å². The van der Waals surface area contributed by atoms with Crippen molar-refractivity contribution in [2.75, 3.05) is 6.54 Å². The molecule has 1 N–H and O–H groups in total. The zero-order valence-corrected chi connectivity index (χ0v) is 12.8. The molecule has 1 aromatic heterocycles. The minimum absolute atomic E-state index is 0.0582. The molecule has 1 saturated carbocycles. The first-order valence-corrected chi connectivity index (χ1v) is 8.02. The molecule has 114 valence electrons. The van der Waals surface area contributed by atoms with Gasteiger partial charge in [-0.1, -0.05) is 30.3 Å². The van der Waals surface area contributed by atoms with Crippen molar-refractivity contribution in [1.29, 1.82) is 0 Å². The highest BCUT2D eigenvalue weighted by Gasteiger charge is 2.35. The molecule has 2 aromatic rings. The first-order valence-electron chi connectivity index (χ1n) is 7.14. The second kappa shape index (κ2) is 6.27. The van der Waals surface area contributed by atoms with Gasteiger partial charge in [-0.05, 0) is 18.4 Å². The minimum atomic E-state index is -0.986. The average Bonchev–Trinajstić information content (AvgIpc) is 3.24. The van der Waals surface area contributed by atoms with Gasteiger partial charge in [-0.2, -0.15) is 0 Å². The predicted octanol–water partition coefficient (Wildman–Crippen LogP) is 2.42. The second-order valence-corrected chi connectivity index (χ2v) is 6.29. The van der Waals surface area contributed by atoms with Gasteiger partial charge >= 0.3 is 5.97 Å². The lowest BCUT2D eigenvalue weighted by atomic mass is 10.2. The van der Waals surface area contributed by atoms with Crippen LogP contribution in [-0.4, -0.2) is 39.5 Å². The van der Waals surface area contributed by atoms with E-state index >= 15 is 0 Å². The van der Waals surface area contributed by atoms with E-state index < -0.39 is 5.97 Å². The van der Waals surface area contributed by atoms with Crippen molar-refractivity contribution in [3.63, 3.8) is 0 Å². The van der Waals surface area contributed by atoms with Gasteiger partial charge in [0.2, 0.25) is 0 Å². The van der Waals surface area contributed by atoms with Crippen LogP contribution in [0.1, 0.15) is 33.9 Å². The number of aromatic nitrogens is 1. The molecule has 1 aliphatic carbocycles. The third-order valence-corrected chi connectivity index (χ3v) is 4.37. The van der Waals surface area contributed by atoms with Crippen molar-refractivity contribution in [3.05, 3.63) is 52.0 Å². The Kier molecular flexibility index (Phi) is 4.20. The Balaban J connectivity index is 1.72. The van der Waals surface area contributed by atoms with Crippen molar-refractivity contribution in [3.8, 4) is 0 Å². The van der Waals surface area contributed by atoms with Crippen molar-refractivity contribution < 1.29 is 14.7 Å². The van der Waals surface area contributed by atoms with Crippen LogP contribution >= 0.6 is 11.3 Å². The SMILES string of the molecule is O=C(O)CN(C(=O)c1csc(Cc2ccccc2)n1)C1CC1. The van der Waals surface area contributed by atoms with Gasteiger partial charge in [0.15, 0.2) is 0 Å². The molecule has 5 nitrogen and oxygen atoms in total. The standard InChI is InChI=1S/C16H16N2O3S/c19-15(20)9-18(12-6-7-12)16(21)13-10-22-14(17-13)8-11-4-2-1-3-5-11/h1-5,10,12H,6-9H2,(H,19,20). The van der Waals surface area contributed by atoms with Crippen molar-refractivity contribution >= 4 is 23.2 Å². The van der Waals surface area contributed by atoms with Crippen LogP contribution < -0.4 is 0 Å². The molecule has 1 fully saturated rings. The van der Waals surface area contributed by atoms with Crippen LogP contribution in [-0.2, 0) is 11.2 Å². The molecule has 0 saturated heterocycles. The lowest BCUT2D eigenvalue weighted by Crippen LogP contribution is -2.37. The largest absolute Gasteiger partial charge is 0.480 e. The number of rotatable bonds is 6. The zero-order chi connectivity index (χ0) is 15.5. The van der Waals surface area contributed by atoms with Crippen LogP contribution in [0.2, 0.25) is 0 Å². The number of hydrogen-bond acceptors (Lipinski definition) is 4. The third kappa shape index (κ3) is 3.51. The van der Waals surface area contributed by atoms with E-state index in [4.69, 9.17) is 5.11 Å². The van der Waals surface area contributed by atoms with Crippen LogP contribution in [0.15, 0.2) is 35.7 Å². The fourth-order valence-corrected chi connectivity index (χ4v) is 3.11. The smallest absolute Gasteiger partial charge is 0.323 e. The van der Waals surface area contributed by atoms with E-state index in [-0.39, 0.29) is 18.5 Å². The number of carbonyl (C=O) groups is 2. The summed E-state index contributed by atoms with van der Waals surface area (Å²) >= 11 is 1.44. The highest BCUT2D eigenvalue weighted by atomic mass is 32.1. The summed E-state index contributed by atoms with van der Waals surface area (Å²) in [4.78, 5) is 29.1. The maximum Gasteiger partial charge on any atom is 0.323 e. The number of hydrogen-bond donors (Lipinski definition) is 1. The highest BCUT2D eigenvalue weighted by molar-refractivity contribution is 7.09. The Morgan fingerprint density at radius 1 is 1.27 bits per heavy atom. The molecule has 0 aliphatic heterocycles. The van der Waals surface area contributed by atoms with Gasteiger partial charge in [-0.15, -0.1) is 11.3 Å². The number of carboxylic acids is 1. The Labute approximate surface area is 132 Å². The topological polar surface area (TPSA) is 70.5 Å². The van der Waals surface area contributed by atoms with E-state index in [2.05, 4.69) is 4.98 Å². The summed E-state index contributed by atoms with van der Waals surface area (Å²) in [7, 11) is 0. The number of amides is 1. The summed E-state index contributed by atoms with van der Waals surface area (Å²) in [5, 5.41) is 11.5. The molecule has 0 radical (unpaired) electrons. The van der Waals surface area contributed by atoms with Crippen molar-refractivity contribution in [2.45, 2.75) is 25.3 Å². The summed E-state index contributed by atoms with van der Waals surface area (Å²) in [6.45, 7) is -0.255. The maximum atomic E-state index is 12.4. The van der Waals surface area contributed by atoms with Gasteiger partial charge in [0.05, 0.1) is 5.01 Å². The Bertz CT molecular complexity index is 680. The monoisotopic (exact) mass is 316 g/mol. The van der Waals surface area contributed by atoms with Gasteiger partial charge in [-0.25, -0.2) is 4.98 Å². The van der Waals surface area contributed by atoms with Gasteiger partial charge in [0, 0.05) is 17.8 Å². The van der Waals surface area contributed by atoms with Gasteiger partial charge < -0.3 is 10.0 Å². The quantitative estimate of drug-likeness (QED) is 0.888. The third-order valence-electron chi connectivity index (χ3n) is 3.52. The lowest BCUT2D eigenvalue weighted by molar-refractivity contribution is -0.137. The molecule has 3 rings (SSSR count). The fourth-order valence-electron chi connectivity index (χ4n) is 2.31. The van der Waals surface area contributed by atoms with Crippen molar-refractivity contribution in [2.24, 2.45) is 0 Å². The number of benzene rings is 1.